The molecule has 0 bridgehead atoms. The van der Waals surface area contributed by atoms with Crippen LogP contribution in [0.3, 0.4) is 0 Å². The van der Waals surface area contributed by atoms with Crippen molar-refractivity contribution in [1.29, 1.82) is 0 Å². The minimum absolute atomic E-state index is 0.343. The monoisotopic (exact) mass is 323 g/mol. The fourth-order valence-electron chi connectivity index (χ4n) is 3.21. The average Bonchev–Trinajstić information content (AvgIpc) is 3.11. The molecule has 6 heteroatoms. The minimum Gasteiger partial charge on any atom is -0.369 e. The molecule has 0 atom stereocenters. The van der Waals surface area contributed by atoms with Gasteiger partial charge in [0.25, 0.3) is 0 Å². The van der Waals surface area contributed by atoms with Gasteiger partial charge in [-0.2, -0.15) is 18.3 Å². The summed E-state index contributed by atoms with van der Waals surface area (Å²) in [5.74, 6) is 1.18. The van der Waals surface area contributed by atoms with Crippen LogP contribution in [-0.4, -0.2) is 16.3 Å². The van der Waals surface area contributed by atoms with Crippen molar-refractivity contribution < 1.29 is 13.2 Å². The molecule has 1 aromatic heterocycles. The second-order valence-electron chi connectivity index (χ2n) is 5.86. The quantitative estimate of drug-likeness (QED) is 0.879. The van der Waals surface area contributed by atoms with Crippen LogP contribution in [0.25, 0.3) is 5.69 Å². The maximum atomic E-state index is 13.0. The number of nitrogens with zero attached hydrogens (tertiary/aromatic N) is 2. The fourth-order valence-corrected chi connectivity index (χ4v) is 3.21. The molecular weight excluding hydrogens is 303 g/mol. The fraction of sp³-hybridized carbons (Fsp3) is 0.471. The molecule has 124 valence electrons. The molecule has 0 unspecified atom stereocenters. The molecule has 1 N–H and O–H groups in total. The lowest BCUT2D eigenvalue weighted by atomic mass is 9.96. The summed E-state index contributed by atoms with van der Waals surface area (Å²) in [6.45, 7) is 5.04. The van der Waals surface area contributed by atoms with Crippen molar-refractivity contribution in [1.82, 2.24) is 9.78 Å². The van der Waals surface area contributed by atoms with E-state index in [1.165, 1.54) is 6.07 Å². The Morgan fingerprint density at radius 2 is 2.00 bits per heavy atom. The van der Waals surface area contributed by atoms with Gasteiger partial charge in [0.05, 0.1) is 16.9 Å². The molecule has 0 spiro atoms. The maximum absolute atomic E-state index is 13.0. The van der Waals surface area contributed by atoms with Gasteiger partial charge in [-0.3, -0.25) is 0 Å². The summed E-state index contributed by atoms with van der Waals surface area (Å²) in [6.07, 6.45) is -1.52. The highest BCUT2D eigenvalue weighted by atomic mass is 19.4. The van der Waals surface area contributed by atoms with E-state index in [0.717, 1.165) is 55.0 Å². The zero-order chi connectivity index (χ0) is 16.6. The molecule has 1 aliphatic rings. The van der Waals surface area contributed by atoms with Crippen LogP contribution in [0.4, 0.5) is 19.0 Å². The maximum Gasteiger partial charge on any atom is 0.416 e. The zero-order valence-corrected chi connectivity index (χ0v) is 13.2. The second-order valence-corrected chi connectivity index (χ2v) is 5.86. The summed E-state index contributed by atoms with van der Waals surface area (Å²) in [6, 6.07) is 5.34. The van der Waals surface area contributed by atoms with Crippen molar-refractivity contribution in [3.8, 4) is 5.69 Å². The molecule has 0 aliphatic carbocycles. The number of alkyl halides is 3. The van der Waals surface area contributed by atoms with Crippen molar-refractivity contribution in [3.05, 3.63) is 41.1 Å². The van der Waals surface area contributed by atoms with Crippen LogP contribution in [0.5, 0.6) is 0 Å². The first-order valence-electron chi connectivity index (χ1n) is 7.99. The lowest BCUT2D eigenvalue weighted by molar-refractivity contribution is -0.137. The molecule has 1 aromatic carbocycles. The van der Waals surface area contributed by atoms with E-state index in [0.29, 0.717) is 11.6 Å². The van der Waals surface area contributed by atoms with Crippen LogP contribution < -0.4 is 5.32 Å². The largest absolute Gasteiger partial charge is 0.416 e. The summed E-state index contributed by atoms with van der Waals surface area (Å²) in [5, 5.41) is 7.92. The Morgan fingerprint density at radius 3 is 2.65 bits per heavy atom. The van der Waals surface area contributed by atoms with Gasteiger partial charge in [0.15, 0.2) is 0 Å². The molecule has 3 nitrogen and oxygen atoms in total. The van der Waals surface area contributed by atoms with Gasteiger partial charge >= 0.3 is 6.18 Å². The first kappa shape index (κ1) is 15.9. The van der Waals surface area contributed by atoms with Gasteiger partial charge in [-0.25, -0.2) is 4.68 Å². The molecule has 2 heterocycles. The zero-order valence-electron chi connectivity index (χ0n) is 13.2. The van der Waals surface area contributed by atoms with E-state index in [-0.39, 0.29) is 0 Å². The molecule has 1 aliphatic heterocycles. The summed E-state index contributed by atoms with van der Waals surface area (Å²) in [5.41, 5.74) is 1.97. The highest BCUT2D eigenvalue weighted by molar-refractivity contribution is 5.58. The summed E-state index contributed by atoms with van der Waals surface area (Å²) in [4.78, 5) is 0. The number of aromatic nitrogens is 2. The van der Waals surface area contributed by atoms with Gasteiger partial charge in [0.2, 0.25) is 0 Å². The standard InChI is InChI=1S/C17H20F3N3/c1-3-11(4-2)15-14-8-9-21-16(14)23(22-15)13-7-5-6-12(10-13)17(18,19)20/h5-7,10-11,21H,3-4,8-9H2,1-2H3. The normalized spacial score (nSPS) is 14.2. The molecule has 23 heavy (non-hydrogen) atoms. The van der Waals surface area contributed by atoms with Gasteiger partial charge in [-0.05, 0) is 37.5 Å². The molecule has 0 radical (unpaired) electrons. The first-order chi connectivity index (χ1) is 11.0. The van der Waals surface area contributed by atoms with Crippen LogP contribution in [0.1, 0.15) is 49.4 Å². The van der Waals surface area contributed by atoms with E-state index in [1.54, 1.807) is 10.7 Å². The van der Waals surface area contributed by atoms with Crippen LogP contribution in [-0.2, 0) is 12.6 Å². The third-order valence-corrected chi connectivity index (χ3v) is 4.47. The van der Waals surface area contributed by atoms with Crippen molar-refractivity contribution in [2.75, 3.05) is 11.9 Å². The Balaban J connectivity index is 2.09. The SMILES string of the molecule is CCC(CC)c1nn(-c2cccc(C(F)(F)F)c2)c2c1CCN2. The van der Waals surface area contributed by atoms with E-state index >= 15 is 0 Å². The van der Waals surface area contributed by atoms with E-state index in [9.17, 15) is 13.2 Å². The lowest BCUT2D eigenvalue weighted by Crippen LogP contribution is -2.09. The third kappa shape index (κ3) is 2.82. The number of halogens is 3. The van der Waals surface area contributed by atoms with Gasteiger partial charge in [0.1, 0.15) is 5.82 Å². The molecule has 0 fully saturated rings. The Kier molecular flexibility index (Phi) is 4.08. The number of benzene rings is 1. The topological polar surface area (TPSA) is 29.9 Å². The number of rotatable bonds is 4. The number of hydrogen-bond acceptors (Lipinski definition) is 2. The predicted molar refractivity (Wildman–Crippen MR) is 84.1 cm³/mol. The van der Waals surface area contributed by atoms with E-state index in [4.69, 9.17) is 0 Å². The van der Waals surface area contributed by atoms with Gasteiger partial charge < -0.3 is 5.32 Å². The van der Waals surface area contributed by atoms with Crippen molar-refractivity contribution in [2.24, 2.45) is 0 Å². The minimum atomic E-state index is -4.35. The van der Waals surface area contributed by atoms with Crippen LogP contribution >= 0.6 is 0 Å². The van der Waals surface area contributed by atoms with Crippen LogP contribution in [0, 0.1) is 0 Å². The number of fused-ring (bicyclic) bond motifs is 1. The average molecular weight is 323 g/mol. The third-order valence-electron chi connectivity index (χ3n) is 4.47. The lowest BCUT2D eigenvalue weighted by Gasteiger charge is -2.12. The van der Waals surface area contributed by atoms with E-state index in [2.05, 4.69) is 24.3 Å². The highest BCUT2D eigenvalue weighted by Crippen LogP contribution is 2.36. The molecular formula is C17H20F3N3. The molecule has 0 saturated carbocycles. The Bertz CT molecular complexity index is 700. The molecule has 2 aromatic rings. The van der Waals surface area contributed by atoms with Crippen LogP contribution in [0.15, 0.2) is 24.3 Å². The molecule has 0 amide bonds. The summed E-state index contributed by atoms with van der Waals surface area (Å²) < 4.78 is 40.5. The molecule has 0 saturated heterocycles. The second kappa shape index (κ2) is 5.91. The summed E-state index contributed by atoms with van der Waals surface area (Å²) in [7, 11) is 0. The first-order valence-corrected chi connectivity index (χ1v) is 7.99. The summed E-state index contributed by atoms with van der Waals surface area (Å²) >= 11 is 0. The number of nitrogens with one attached hydrogen (secondary N) is 1. The van der Waals surface area contributed by atoms with Gasteiger partial charge in [-0.1, -0.05) is 19.9 Å². The number of anilines is 1. The van der Waals surface area contributed by atoms with Gasteiger partial charge in [0, 0.05) is 18.0 Å². The van der Waals surface area contributed by atoms with Crippen molar-refractivity contribution in [2.45, 2.75) is 45.2 Å². The Hall–Kier alpha value is -1.98. The van der Waals surface area contributed by atoms with E-state index in [1.807, 2.05) is 0 Å². The van der Waals surface area contributed by atoms with Crippen LogP contribution in [0.2, 0.25) is 0 Å². The predicted octanol–water partition coefficient (Wildman–Crippen LogP) is 4.76. The van der Waals surface area contributed by atoms with Crippen molar-refractivity contribution >= 4 is 5.82 Å². The Morgan fingerprint density at radius 1 is 1.26 bits per heavy atom. The van der Waals surface area contributed by atoms with Crippen molar-refractivity contribution in [3.63, 3.8) is 0 Å². The smallest absolute Gasteiger partial charge is 0.369 e. The van der Waals surface area contributed by atoms with E-state index < -0.39 is 11.7 Å². The highest BCUT2D eigenvalue weighted by Gasteiger charge is 2.31. The number of hydrogen-bond donors (Lipinski definition) is 1. The van der Waals surface area contributed by atoms with Gasteiger partial charge in [-0.15, -0.1) is 0 Å². The molecule has 3 rings (SSSR count). The Labute approximate surface area is 133 Å².